The van der Waals surface area contributed by atoms with Gasteiger partial charge in [-0.1, -0.05) is 13.3 Å². The van der Waals surface area contributed by atoms with Crippen LogP contribution in [0, 0.1) is 5.41 Å². The summed E-state index contributed by atoms with van der Waals surface area (Å²) in [7, 11) is 0. The zero-order chi connectivity index (χ0) is 9.31. The van der Waals surface area contributed by atoms with Crippen LogP contribution in [-0.2, 0) is 0 Å². The molecule has 0 radical (unpaired) electrons. The van der Waals surface area contributed by atoms with Gasteiger partial charge in [-0.05, 0) is 24.7 Å². The van der Waals surface area contributed by atoms with Gasteiger partial charge in [-0.2, -0.15) is 0 Å². The van der Waals surface area contributed by atoms with Crippen LogP contribution in [0.2, 0.25) is 0 Å². The molecule has 13 heavy (non-hydrogen) atoms. The zero-order valence-corrected chi connectivity index (χ0v) is 8.81. The van der Waals surface area contributed by atoms with E-state index >= 15 is 0 Å². The molecule has 72 valence electrons. The lowest BCUT2D eigenvalue weighted by molar-refractivity contribution is 0.134. The molecular formula is C10H16N2S. The van der Waals surface area contributed by atoms with Crippen LogP contribution in [-0.4, -0.2) is 4.98 Å². The summed E-state index contributed by atoms with van der Waals surface area (Å²) >= 11 is 1.63. The SMILES string of the molecule is CC1(CC(N)c2cscn2)CCC1. The highest BCUT2D eigenvalue weighted by molar-refractivity contribution is 7.07. The van der Waals surface area contributed by atoms with Crippen LogP contribution in [0.15, 0.2) is 10.9 Å². The summed E-state index contributed by atoms with van der Waals surface area (Å²) in [6, 6.07) is 0.150. The second kappa shape index (κ2) is 3.39. The van der Waals surface area contributed by atoms with Gasteiger partial charge in [0.25, 0.3) is 0 Å². The van der Waals surface area contributed by atoms with Gasteiger partial charge in [0, 0.05) is 11.4 Å². The summed E-state index contributed by atoms with van der Waals surface area (Å²) in [5.74, 6) is 0. The van der Waals surface area contributed by atoms with Crippen molar-refractivity contribution in [2.45, 2.75) is 38.6 Å². The van der Waals surface area contributed by atoms with Crippen LogP contribution in [0.4, 0.5) is 0 Å². The predicted octanol–water partition coefficient (Wildman–Crippen LogP) is 2.72. The van der Waals surface area contributed by atoms with E-state index in [1.807, 2.05) is 5.51 Å². The maximum absolute atomic E-state index is 6.08. The largest absolute Gasteiger partial charge is 0.323 e. The first-order chi connectivity index (χ1) is 6.20. The van der Waals surface area contributed by atoms with Crippen molar-refractivity contribution in [1.29, 1.82) is 0 Å². The molecule has 0 amide bonds. The lowest BCUT2D eigenvalue weighted by atomic mass is 9.67. The molecule has 1 aliphatic carbocycles. The van der Waals surface area contributed by atoms with Crippen molar-refractivity contribution >= 4 is 11.3 Å². The molecule has 1 heterocycles. The smallest absolute Gasteiger partial charge is 0.0795 e. The van der Waals surface area contributed by atoms with Gasteiger partial charge < -0.3 is 5.73 Å². The summed E-state index contributed by atoms with van der Waals surface area (Å²) < 4.78 is 0. The molecule has 0 spiro atoms. The summed E-state index contributed by atoms with van der Waals surface area (Å²) in [5, 5.41) is 2.06. The van der Waals surface area contributed by atoms with Crippen LogP contribution < -0.4 is 5.73 Å². The molecule has 3 heteroatoms. The molecule has 0 saturated heterocycles. The van der Waals surface area contributed by atoms with E-state index < -0.39 is 0 Å². The third-order valence-electron chi connectivity index (χ3n) is 3.10. The van der Waals surface area contributed by atoms with Crippen molar-refractivity contribution in [3.8, 4) is 0 Å². The highest BCUT2D eigenvalue weighted by Gasteiger charge is 2.33. The van der Waals surface area contributed by atoms with Gasteiger partial charge in [0.05, 0.1) is 11.2 Å². The van der Waals surface area contributed by atoms with Gasteiger partial charge in [-0.15, -0.1) is 11.3 Å². The van der Waals surface area contributed by atoms with E-state index in [4.69, 9.17) is 5.73 Å². The van der Waals surface area contributed by atoms with E-state index in [1.165, 1.54) is 19.3 Å². The first kappa shape index (κ1) is 9.16. The molecule has 0 aliphatic heterocycles. The lowest BCUT2D eigenvalue weighted by Crippen LogP contribution is -2.30. The van der Waals surface area contributed by atoms with Gasteiger partial charge >= 0.3 is 0 Å². The van der Waals surface area contributed by atoms with Gasteiger partial charge in [0.1, 0.15) is 0 Å². The summed E-state index contributed by atoms with van der Waals surface area (Å²) in [5.41, 5.74) is 9.51. The van der Waals surface area contributed by atoms with Crippen molar-refractivity contribution in [3.05, 3.63) is 16.6 Å². The van der Waals surface area contributed by atoms with Crippen molar-refractivity contribution < 1.29 is 0 Å². The molecule has 1 unspecified atom stereocenters. The normalized spacial score (nSPS) is 22.3. The van der Waals surface area contributed by atoms with Gasteiger partial charge in [0.2, 0.25) is 0 Å². The standard InChI is InChI=1S/C10H16N2S/c1-10(3-2-4-10)5-8(11)9-6-13-7-12-9/h6-8H,2-5,11H2,1H3. The molecule has 0 bridgehead atoms. The van der Waals surface area contributed by atoms with Crippen molar-refractivity contribution in [3.63, 3.8) is 0 Å². The van der Waals surface area contributed by atoms with Crippen LogP contribution in [0.25, 0.3) is 0 Å². The topological polar surface area (TPSA) is 38.9 Å². The second-order valence-electron chi connectivity index (χ2n) is 4.39. The number of rotatable bonds is 3. The zero-order valence-electron chi connectivity index (χ0n) is 7.99. The maximum Gasteiger partial charge on any atom is 0.0795 e. The number of thiazole rings is 1. The number of hydrogen-bond donors (Lipinski definition) is 1. The number of hydrogen-bond acceptors (Lipinski definition) is 3. The Morgan fingerprint density at radius 2 is 2.46 bits per heavy atom. The highest BCUT2D eigenvalue weighted by atomic mass is 32.1. The van der Waals surface area contributed by atoms with Crippen LogP contribution in [0.5, 0.6) is 0 Å². The molecule has 1 aromatic heterocycles. The number of nitrogens with zero attached hydrogens (tertiary/aromatic N) is 1. The maximum atomic E-state index is 6.08. The van der Waals surface area contributed by atoms with Gasteiger partial charge in [0.15, 0.2) is 0 Å². The fraction of sp³-hybridized carbons (Fsp3) is 0.700. The van der Waals surface area contributed by atoms with E-state index in [0.717, 1.165) is 12.1 Å². The van der Waals surface area contributed by atoms with Crippen LogP contribution in [0.1, 0.15) is 44.3 Å². The molecule has 0 aromatic carbocycles. The fourth-order valence-electron chi connectivity index (χ4n) is 2.02. The Morgan fingerprint density at radius 3 is 2.92 bits per heavy atom. The van der Waals surface area contributed by atoms with E-state index in [2.05, 4.69) is 17.3 Å². The Kier molecular flexibility index (Phi) is 2.39. The van der Waals surface area contributed by atoms with Crippen molar-refractivity contribution in [1.82, 2.24) is 4.98 Å². The molecule has 2 rings (SSSR count). The predicted molar refractivity (Wildman–Crippen MR) is 55.6 cm³/mol. The second-order valence-corrected chi connectivity index (χ2v) is 5.11. The van der Waals surface area contributed by atoms with Crippen molar-refractivity contribution in [2.75, 3.05) is 0 Å². The molecular weight excluding hydrogens is 180 g/mol. The highest BCUT2D eigenvalue weighted by Crippen LogP contribution is 2.45. The third kappa shape index (κ3) is 1.92. The molecule has 1 aromatic rings. The number of aromatic nitrogens is 1. The van der Waals surface area contributed by atoms with E-state index in [9.17, 15) is 0 Å². The lowest BCUT2D eigenvalue weighted by Gasteiger charge is -2.40. The molecule has 2 nitrogen and oxygen atoms in total. The fourth-order valence-corrected chi connectivity index (χ4v) is 2.64. The van der Waals surface area contributed by atoms with Crippen LogP contribution >= 0.6 is 11.3 Å². The van der Waals surface area contributed by atoms with Gasteiger partial charge in [-0.3, -0.25) is 0 Å². The van der Waals surface area contributed by atoms with Gasteiger partial charge in [-0.25, -0.2) is 4.98 Å². The Bertz CT molecular complexity index is 264. The molecule has 1 fully saturated rings. The molecule has 1 aliphatic rings. The summed E-state index contributed by atoms with van der Waals surface area (Å²) in [4.78, 5) is 4.25. The average molecular weight is 196 g/mol. The minimum absolute atomic E-state index is 0.150. The summed E-state index contributed by atoms with van der Waals surface area (Å²) in [6.07, 6.45) is 5.15. The minimum Gasteiger partial charge on any atom is -0.323 e. The molecule has 1 saturated carbocycles. The van der Waals surface area contributed by atoms with Crippen molar-refractivity contribution in [2.24, 2.45) is 11.1 Å². The Morgan fingerprint density at radius 1 is 1.69 bits per heavy atom. The average Bonchev–Trinajstić information content (AvgIpc) is 2.53. The Balaban J connectivity index is 1.95. The Hall–Kier alpha value is -0.410. The number of nitrogens with two attached hydrogens (primary N) is 1. The molecule has 2 N–H and O–H groups in total. The summed E-state index contributed by atoms with van der Waals surface area (Å²) in [6.45, 7) is 2.34. The third-order valence-corrected chi connectivity index (χ3v) is 3.71. The van der Waals surface area contributed by atoms with E-state index in [0.29, 0.717) is 5.41 Å². The first-order valence-electron chi connectivity index (χ1n) is 4.83. The van der Waals surface area contributed by atoms with Crippen LogP contribution in [0.3, 0.4) is 0 Å². The quantitative estimate of drug-likeness (QED) is 0.807. The minimum atomic E-state index is 0.150. The van der Waals surface area contributed by atoms with E-state index in [-0.39, 0.29) is 6.04 Å². The molecule has 1 atom stereocenters. The Labute approximate surface area is 83.2 Å². The van der Waals surface area contributed by atoms with E-state index in [1.54, 1.807) is 11.3 Å². The monoisotopic (exact) mass is 196 g/mol. The first-order valence-corrected chi connectivity index (χ1v) is 5.78.